The normalized spacial score (nSPS) is 20.6. The van der Waals surface area contributed by atoms with Gasteiger partial charge in [0.15, 0.2) is 0 Å². The van der Waals surface area contributed by atoms with Crippen molar-refractivity contribution < 1.29 is 17.4 Å². The van der Waals surface area contributed by atoms with Crippen molar-refractivity contribution in [1.82, 2.24) is 9.46 Å². The van der Waals surface area contributed by atoms with Crippen molar-refractivity contribution in [3.63, 3.8) is 0 Å². The molecule has 2 aromatic heterocycles. The van der Waals surface area contributed by atoms with Crippen molar-refractivity contribution >= 4 is 10.0 Å². The lowest BCUT2D eigenvalue weighted by atomic mass is 10.2. The van der Waals surface area contributed by atoms with Crippen molar-refractivity contribution in [1.29, 1.82) is 0 Å². The fourth-order valence-electron chi connectivity index (χ4n) is 2.57. The van der Waals surface area contributed by atoms with Gasteiger partial charge >= 0.3 is 0 Å². The van der Waals surface area contributed by atoms with Gasteiger partial charge in [0, 0.05) is 12.6 Å². The van der Waals surface area contributed by atoms with E-state index in [1.54, 1.807) is 6.07 Å². The molecule has 0 N–H and O–H groups in total. The van der Waals surface area contributed by atoms with Gasteiger partial charge in [-0.1, -0.05) is 5.16 Å². The van der Waals surface area contributed by atoms with Gasteiger partial charge in [-0.05, 0) is 31.9 Å². The SMILES string of the molecule is Cc1ccc([C@H]2CCCN2S(=O)(=O)Cc2ccon2)o1. The second-order valence-corrected chi connectivity index (χ2v) is 6.89. The van der Waals surface area contributed by atoms with Crippen LogP contribution in [0.5, 0.6) is 0 Å². The van der Waals surface area contributed by atoms with E-state index in [4.69, 9.17) is 4.42 Å². The Labute approximate surface area is 117 Å². The number of aromatic nitrogens is 1. The molecule has 0 aromatic carbocycles. The summed E-state index contributed by atoms with van der Waals surface area (Å²) in [5.74, 6) is 1.36. The van der Waals surface area contributed by atoms with Crippen molar-refractivity contribution in [2.45, 2.75) is 31.6 Å². The predicted molar refractivity (Wildman–Crippen MR) is 71.3 cm³/mol. The molecule has 0 spiro atoms. The summed E-state index contributed by atoms with van der Waals surface area (Å²) in [4.78, 5) is 0. The van der Waals surface area contributed by atoms with Crippen LogP contribution in [0.25, 0.3) is 0 Å². The molecule has 0 unspecified atom stereocenters. The molecule has 0 saturated carbocycles. The van der Waals surface area contributed by atoms with Crippen LogP contribution in [-0.2, 0) is 15.8 Å². The molecule has 6 nitrogen and oxygen atoms in total. The minimum absolute atomic E-state index is 0.139. The summed E-state index contributed by atoms with van der Waals surface area (Å²) in [5, 5.41) is 3.67. The van der Waals surface area contributed by atoms with Crippen molar-refractivity contribution in [2.24, 2.45) is 0 Å². The van der Waals surface area contributed by atoms with E-state index in [9.17, 15) is 8.42 Å². The van der Waals surface area contributed by atoms with Crippen molar-refractivity contribution in [3.8, 4) is 0 Å². The first-order valence-corrected chi connectivity index (χ1v) is 8.12. The highest BCUT2D eigenvalue weighted by atomic mass is 32.2. The van der Waals surface area contributed by atoms with Gasteiger partial charge in [-0.15, -0.1) is 0 Å². The van der Waals surface area contributed by atoms with E-state index < -0.39 is 10.0 Å². The lowest BCUT2D eigenvalue weighted by Crippen LogP contribution is -2.31. The van der Waals surface area contributed by atoms with E-state index in [1.165, 1.54) is 10.6 Å². The monoisotopic (exact) mass is 296 g/mol. The zero-order chi connectivity index (χ0) is 14.2. The third kappa shape index (κ3) is 2.51. The van der Waals surface area contributed by atoms with Gasteiger partial charge in [0.2, 0.25) is 10.0 Å². The maximum Gasteiger partial charge on any atom is 0.220 e. The summed E-state index contributed by atoms with van der Waals surface area (Å²) in [5.41, 5.74) is 0.422. The fourth-order valence-corrected chi connectivity index (χ4v) is 4.26. The first kappa shape index (κ1) is 13.4. The largest absolute Gasteiger partial charge is 0.465 e. The number of nitrogens with zero attached hydrogens (tertiary/aromatic N) is 2. The first-order valence-electron chi connectivity index (χ1n) is 6.51. The molecule has 0 bridgehead atoms. The first-order chi connectivity index (χ1) is 9.56. The van der Waals surface area contributed by atoms with E-state index in [0.717, 1.165) is 18.6 Å². The summed E-state index contributed by atoms with van der Waals surface area (Å²) in [6.07, 6.45) is 3.00. The van der Waals surface area contributed by atoms with Crippen LogP contribution in [0, 0.1) is 6.92 Å². The molecule has 1 aliphatic heterocycles. The lowest BCUT2D eigenvalue weighted by molar-refractivity contribution is 0.333. The Kier molecular flexibility index (Phi) is 3.39. The van der Waals surface area contributed by atoms with E-state index in [0.29, 0.717) is 18.0 Å². The molecule has 0 radical (unpaired) electrons. The molecule has 20 heavy (non-hydrogen) atoms. The summed E-state index contributed by atoms with van der Waals surface area (Å²) >= 11 is 0. The minimum Gasteiger partial charge on any atom is -0.465 e. The van der Waals surface area contributed by atoms with Crippen LogP contribution in [0.4, 0.5) is 0 Å². The smallest absolute Gasteiger partial charge is 0.220 e. The maximum absolute atomic E-state index is 12.5. The molecule has 1 aliphatic rings. The Hall–Kier alpha value is -1.60. The van der Waals surface area contributed by atoms with Gasteiger partial charge in [-0.25, -0.2) is 8.42 Å². The quantitative estimate of drug-likeness (QED) is 0.864. The van der Waals surface area contributed by atoms with E-state index in [2.05, 4.69) is 9.68 Å². The van der Waals surface area contributed by atoms with Gasteiger partial charge in [0.1, 0.15) is 23.5 Å². The fraction of sp³-hybridized carbons (Fsp3) is 0.462. The highest BCUT2D eigenvalue weighted by Gasteiger charge is 2.37. The lowest BCUT2D eigenvalue weighted by Gasteiger charge is -2.22. The van der Waals surface area contributed by atoms with Crippen LogP contribution < -0.4 is 0 Å². The van der Waals surface area contributed by atoms with Crippen LogP contribution in [0.15, 0.2) is 33.4 Å². The Morgan fingerprint density at radius 2 is 2.25 bits per heavy atom. The predicted octanol–water partition coefficient (Wildman–Crippen LogP) is 2.24. The average Bonchev–Trinajstić information content (AvgIpc) is 3.07. The van der Waals surface area contributed by atoms with Crippen molar-refractivity contribution in [2.75, 3.05) is 6.54 Å². The molecule has 3 heterocycles. The van der Waals surface area contributed by atoms with E-state index in [1.807, 2.05) is 19.1 Å². The molecule has 0 aliphatic carbocycles. The topological polar surface area (TPSA) is 76.6 Å². The van der Waals surface area contributed by atoms with Crippen molar-refractivity contribution in [3.05, 3.63) is 41.7 Å². The van der Waals surface area contributed by atoms with Gasteiger partial charge in [0.25, 0.3) is 0 Å². The third-order valence-corrected chi connectivity index (χ3v) is 5.28. The number of hydrogen-bond acceptors (Lipinski definition) is 5. The summed E-state index contributed by atoms with van der Waals surface area (Å²) in [7, 11) is -3.42. The highest BCUT2D eigenvalue weighted by molar-refractivity contribution is 7.88. The van der Waals surface area contributed by atoms with Crippen LogP contribution >= 0.6 is 0 Å². The summed E-state index contributed by atoms with van der Waals surface area (Å²) in [6, 6.07) is 5.07. The molecule has 108 valence electrons. The number of sulfonamides is 1. The molecule has 1 atom stereocenters. The molecule has 2 aromatic rings. The zero-order valence-corrected chi connectivity index (χ0v) is 12.0. The molecule has 0 amide bonds. The standard InChI is InChI=1S/C13H16N2O4S/c1-10-4-5-13(19-10)12-3-2-7-15(12)20(16,17)9-11-6-8-18-14-11/h4-6,8,12H,2-3,7,9H2,1H3/t12-/m1/s1. The molecular formula is C13H16N2O4S. The second kappa shape index (κ2) is 5.06. The van der Waals surface area contributed by atoms with Crippen LogP contribution in [0.2, 0.25) is 0 Å². The highest BCUT2D eigenvalue weighted by Crippen LogP contribution is 2.35. The Bertz CT molecular complexity index is 675. The summed E-state index contributed by atoms with van der Waals surface area (Å²) < 4.78 is 36.8. The zero-order valence-electron chi connectivity index (χ0n) is 11.2. The average molecular weight is 296 g/mol. The molecule has 7 heteroatoms. The maximum atomic E-state index is 12.5. The Morgan fingerprint density at radius 1 is 1.40 bits per heavy atom. The van der Waals surface area contributed by atoms with Gasteiger partial charge in [-0.3, -0.25) is 0 Å². The number of rotatable bonds is 4. The molecule has 1 saturated heterocycles. The minimum atomic E-state index is -3.42. The molecule has 1 fully saturated rings. The Morgan fingerprint density at radius 3 is 2.90 bits per heavy atom. The van der Waals surface area contributed by atoms with E-state index >= 15 is 0 Å². The van der Waals surface area contributed by atoms with Crippen LogP contribution in [-0.4, -0.2) is 24.4 Å². The van der Waals surface area contributed by atoms with Gasteiger partial charge in [0.05, 0.1) is 11.7 Å². The summed E-state index contributed by atoms with van der Waals surface area (Å²) in [6.45, 7) is 2.37. The molecule has 3 rings (SSSR count). The third-order valence-electron chi connectivity index (χ3n) is 3.47. The van der Waals surface area contributed by atoms with Gasteiger partial charge in [-0.2, -0.15) is 4.31 Å². The number of aryl methyl sites for hydroxylation is 1. The van der Waals surface area contributed by atoms with Gasteiger partial charge < -0.3 is 8.94 Å². The van der Waals surface area contributed by atoms with E-state index in [-0.39, 0.29) is 11.8 Å². The number of furan rings is 1. The Balaban J connectivity index is 1.84. The second-order valence-electron chi connectivity index (χ2n) is 4.96. The van der Waals surface area contributed by atoms with Crippen LogP contribution in [0.3, 0.4) is 0 Å². The van der Waals surface area contributed by atoms with Crippen LogP contribution in [0.1, 0.15) is 36.1 Å². The molecular weight excluding hydrogens is 280 g/mol. The number of hydrogen-bond donors (Lipinski definition) is 0.